The Labute approximate surface area is 185 Å². The van der Waals surface area contributed by atoms with Crippen molar-refractivity contribution in [2.75, 3.05) is 14.1 Å². The second-order valence-electron chi connectivity index (χ2n) is 8.55. The van der Waals surface area contributed by atoms with Gasteiger partial charge in [0.1, 0.15) is 0 Å². The monoisotopic (exact) mass is 407 g/mol. The highest BCUT2D eigenvalue weighted by Gasteiger charge is 2.43. The smallest absolute Gasteiger partial charge is 0.177 e. The first-order chi connectivity index (χ1) is 15.0. The summed E-state index contributed by atoms with van der Waals surface area (Å²) in [6.07, 6.45) is 0.694. The summed E-state index contributed by atoms with van der Waals surface area (Å²) >= 11 is 0. The van der Waals surface area contributed by atoms with E-state index in [-0.39, 0.29) is 11.8 Å². The largest absolute Gasteiger partial charge is 0.307 e. The molecule has 0 amide bonds. The predicted octanol–water partition coefficient (Wildman–Crippen LogP) is 6.35. The third-order valence-corrected chi connectivity index (χ3v) is 6.42. The van der Waals surface area contributed by atoms with E-state index in [1.165, 1.54) is 0 Å². The van der Waals surface area contributed by atoms with E-state index in [0.29, 0.717) is 6.42 Å². The molecule has 0 aliphatic rings. The van der Waals surface area contributed by atoms with Gasteiger partial charge in [0.2, 0.25) is 0 Å². The average Bonchev–Trinajstić information content (AvgIpc) is 2.82. The van der Waals surface area contributed by atoms with Crippen LogP contribution < -0.4 is 0 Å². The summed E-state index contributed by atoms with van der Waals surface area (Å²) < 4.78 is 0. The lowest BCUT2D eigenvalue weighted by Crippen LogP contribution is -2.43. The van der Waals surface area contributed by atoms with Gasteiger partial charge in [-0.15, -0.1) is 0 Å². The van der Waals surface area contributed by atoms with Gasteiger partial charge in [0.15, 0.2) is 5.78 Å². The topological polar surface area (TPSA) is 20.3 Å². The van der Waals surface area contributed by atoms with Gasteiger partial charge >= 0.3 is 0 Å². The lowest BCUT2D eigenvalue weighted by atomic mass is 9.66. The Balaban J connectivity index is 1.96. The van der Waals surface area contributed by atoms with Crippen molar-refractivity contribution in [3.05, 3.63) is 120 Å². The highest BCUT2D eigenvalue weighted by Crippen LogP contribution is 2.41. The molecule has 0 aliphatic heterocycles. The van der Waals surface area contributed by atoms with E-state index in [1.54, 1.807) is 0 Å². The normalized spacial score (nSPS) is 12.8. The van der Waals surface area contributed by atoms with Crippen molar-refractivity contribution in [3.63, 3.8) is 0 Å². The summed E-state index contributed by atoms with van der Waals surface area (Å²) in [6, 6.07) is 35.0. The van der Waals surface area contributed by atoms with Crippen LogP contribution >= 0.6 is 0 Å². The van der Waals surface area contributed by atoms with Crippen LogP contribution in [0.15, 0.2) is 103 Å². The summed E-state index contributed by atoms with van der Waals surface area (Å²) in [5.41, 5.74) is 2.05. The minimum absolute atomic E-state index is 0.143. The minimum atomic E-state index is -0.769. The third-order valence-electron chi connectivity index (χ3n) is 6.42. The Morgan fingerprint density at radius 2 is 1.26 bits per heavy atom. The zero-order valence-electron chi connectivity index (χ0n) is 18.5. The van der Waals surface area contributed by atoms with E-state index in [9.17, 15) is 4.79 Å². The molecule has 0 fully saturated rings. The number of benzene rings is 4. The van der Waals surface area contributed by atoms with Crippen molar-refractivity contribution in [2.24, 2.45) is 0 Å². The molecule has 2 heteroatoms. The van der Waals surface area contributed by atoms with Crippen LogP contribution in [-0.4, -0.2) is 30.8 Å². The molecule has 1 atom stereocenters. The molecular formula is C29H29NO. The molecule has 0 aromatic heterocycles. The fourth-order valence-electron chi connectivity index (χ4n) is 4.41. The molecule has 0 aliphatic carbocycles. The molecule has 0 N–H and O–H groups in total. The molecule has 0 spiro atoms. The van der Waals surface area contributed by atoms with Gasteiger partial charge in [-0.1, -0.05) is 97.1 Å². The molecule has 4 rings (SSSR count). The van der Waals surface area contributed by atoms with Crippen molar-refractivity contribution in [3.8, 4) is 0 Å². The number of hydrogen-bond acceptors (Lipinski definition) is 2. The molecule has 31 heavy (non-hydrogen) atoms. The van der Waals surface area contributed by atoms with Crippen LogP contribution in [0, 0.1) is 0 Å². The Kier molecular flexibility index (Phi) is 6.01. The average molecular weight is 408 g/mol. The van der Waals surface area contributed by atoms with Gasteiger partial charge in [0.05, 0.1) is 5.41 Å². The molecule has 0 saturated carbocycles. The Hall–Kier alpha value is -3.23. The molecule has 2 nitrogen and oxygen atoms in total. The van der Waals surface area contributed by atoms with Crippen LogP contribution in [0.3, 0.4) is 0 Å². The first-order valence-electron chi connectivity index (χ1n) is 10.8. The van der Waals surface area contributed by atoms with E-state index in [4.69, 9.17) is 0 Å². The molecule has 156 valence electrons. The van der Waals surface area contributed by atoms with Gasteiger partial charge in [-0.05, 0) is 55.4 Å². The van der Waals surface area contributed by atoms with Gasteiger partial charge in [0.25, 0.3) is 0 Å². The lowest BCUT2D eigenvalue weighted by Gasteiger charge is -2.38. The summed E-state index contributed by atoms with van der Waals surface area (Å²) in [4.78, 5) is 16.6. The first kappa shape index (κ1) is 21.0. The highest BCUT2D eigenvalue weighted by atomic mass is 16.1. The molecule has 0 radical (unpaired) electrons. The van der Waals surface area contributed by atoms with Gasteiger partial charge in [-0.25, -0.2) is 0 Å². The van der Waals surface area contributed by atoms with Crippen LogP contribution in [0.2, 0.25) is 0 Å². The summed E-state index contributed by atoms with van der Waals surface area (Å²) in [7, 11) is 4.15. The van der Waals surface area contributed by atoms with Crippen molar-refractivity contribution in [1.29, 1.82) is 0 Å². The van der Waals surface area contributed by atoms with E-state index in [0.717, 1.165) is 27.5 Å². The van der Waals surface area contributed by atoms with Crippen molar-refractivity contribution in [2.45, 2.75) is 24.8 Å². The maximum absolute atomic E-state index is 14.5. The number of hydrogen-bond donors (Lipinski definition) is 0. The Bertz CT molecular complexity index is 1130. The Morgan fingerprint density at radius 3 is 1.81 bits per heavy atom. The maximum atomic E-state index is 14.5. The second-order valence-corrected chi connectivity index (χ2v) is 8.55. The number of Topliss-reactive ketones (excluding diaryl/α,β-unsaturated/α-hetero) is 1. The van der Waals surface area contributed by atoms with Crippen molar-refractivity contribution in [1.82, 2.24) is 4.90 Å². The number of carbonyl (C=O) groups excluding carboxylic acids is 1. The minimum Gasteiger partial charge on any atom is -0.307 e. The van der Waals surface area contributed by atoms with E-state index in [2.05, 4.69) is 68.4 Å². The summed E-state index contributed by atoms with van der Waals surface area (Å²) in [6.45, 7) is 2.19. The predicted molar refractivity (Wildman–Crippen MR) is 130 cm³/mol. The molecule has 0 bridgehead atoms. The fraction of sp³-hybridized carbons (Fsp3) is 0.207. The lowest BCUT2D eigenvalue weighted by molar-refractivity contribution is 0.0882. The summed E-state index contributed by atoms with van der Waals surface area (Å²) in [5, 5.41) is 2.23. The van der Waals surface area contributed by atoms with E-state index in [1.807, 2.05) is 60.7 Å². The highest BCUT2D eigenvalue weighted by molar-refractivity contribution is 6.08. The second kappa shape index (κ2) is 8.87. The van der Waals surface area contributed by atoms with Crippen LogP contribution in [0.4, 0.5) is 0 Å². The van der Waals surface area contributed by atoms with Crippen molar-refractivity contribution >= 4 is 16.6 Å². The molecule has 4 aromatic carbocycles. The molecule has 0 saturated heterocycles. The number of carbonyl (C=O) groups is 1. The first-order valence-corrected chi connectivity index (χ1v) is 10.8. The zero-order valence-corrected chi connectivity index (χ0v) is 18.5. The fourth-order valence-corrected chi connectivity index (χ4v) is 4.41. The SMILES string of the molecule is C[C@@H](CC(C(=O)c1ccc2ccccc2c1)(c1ccccc1)c1ccccc1)N(C)C. The number of ketones is 1. The van der Waals surface area contributed by atoms with Gasteiger partial charge in [-0.3, -0.25) is 4.79 Å². The number of rotatable bonds is 7. The molecule has 4 aromatic rings. The van der Waals surface area contributed by atoms with Gasteiger partial charge in [0, 0.05) is 11.6 Å². The molecular weight excluding hydrogens is 378 g/mol. The van der Waals surface area contributed by atoms with Crippen LogP contribution in [0.25, 0.3) is 10.8 Å². The molecule has 0 unspecified atom stereocenters. The van der Waals surface area contributed by atoms with E-state index < -0.39 is 5.41 Å². The molecule has 0 heterocycles. The van der Waals surface area contributed by atoms with Crippen molar-refractivity contribution < 1.29 is 4.79 Å². The standard InChI is InChI=1S/C29H29NO/c1-22(30(2)3)21-29(26-14-6-4-7-15-26,27-16-8-5-9-17-27)28(31)25-19-18-23-12-10-11-13-24(23)20-25/h4-20,22H,21H2,1-3H3/t22-/m0/s1. The summed E-state index contributed by atoms with van der Waals surface area (Å²) in [5.74, 6) is 0.143. The van der Waals surface area contributed by atoms with Gasteiger partial charge in [-0.2, -0.15) is 0 Å². The Morgan fingerprint density at radius 1 is 0.742 bits per heavy atom. The maximum Gasteiger partial charge on any atom is 0.177 e. The van der Waals surface area contributed by atoms with E-state index >= 15 is 0 Å². The quantitative estimate of drug-likeness (QED) is 0.333. The van der Waals surface area contributed by atoms with Crippen LogP contribution in [0.1, 0.15) is 34.8 Å². The van der Waals surface area contributed by atoms with Crippen LogP contribution in [0.5, 0.6) is 0 Å². The third kappa shape index (κ3) is 4.04. The zero-order chi connectivity index (χ0) is 21.8. The number of fused-ring (bicyclic) bond motifs is 1. The number of nitrogens with zero attached hydrogens (tertiary/aromatic N) is 1. The van der Waals surface area contributed by atoms with Crippen LogP contribution in [-0.2, 0) is 5.41 Å². The van der Waals surface area contributed by atoms with Gasteiger partial charge < -0.3 is 4.90 Å².